The van der Waals surface area contributed by atoms with E-state index in [-0.39, 0.29) is 23.2 Å². The number of nitrogens with zero attached hydrogens (tertiary/aromatic N) is 4. The molecule has 2 aromatic heterocycles. The molecule has 0 radical (unpaired) electrons. The fourth-order valence-corrected chi connectivity index (χ4v) is 3.19. The number of ether oxygens (including phenoxy) is 1. The van der Waals surface area contributed by atoms with Crippen molar-refractivity contribution in [3.05, 3.63) is 53.5 Å². The zero-order chi connectivity index (χ0) is 19.0. The number of rotatable bonds is 3. The minimum absolute atomic E-state index is 0.177. The van der Waals surface area contributed by atoms with Crippen molar-refractivity contribution in [2.45, 2.75) is 13.3 Å². The molecule has 0 atom stereocenters. The fourth-order valence-electron chi connectivity index (χ4n) is 3.19. The van der Waals surface area contributed by atoms with Gasteiger partial charge in [-0.2, -0.15) is 0 Å². The first-order valence-corrected chi connectivity index (χ1v) is 8.59. The van der Waals surface area contributed by atoms with Gasteiger partial charge in [0.25, 0.3) is 11.8 Å². The summed E-state index contributed by atoms with van der Waals surface area (Å²) in [6, 6.07) is 10.6. The van der Waals surface area contributed by atoms with Crippen LogP contribution in [0.3, 0.4) is 0 Å². The number of aryl methyl sites for hydroxylation is 1. The van der Waals surface area contributed by atoms with E-state index in [4.69, 9.17) is 9.26 Å². The third kappa shape index (κ3) is 2.99. The Hall–Kier alpha value is -3.42. The summed E-state index contributed by atoms with van der Waals surface area (Å²) in [6.45, 7) is 2.57. The molecule has 1 aromatic carbocycles. The molecule has 8 heteroatoms. The minimum Gasteiger partial charge on any atom is -0.496 e. The van der Waals surface area contributed by atoms with Crippen molar-refractivity contribution in [3.63, 3.8) is 0 Å². The molecule has 1 aliphatic rings. The van der Waals surface area contributed by atoms with E-state index in [1.807, 2.05) is 24.3 Å². The Morgan fingerprint density at radius 2 is 1.78 bits per heavy atom. The highest BCUT2D eigenvalue weighted by Crippen LogP contribution is 2.26. The van der Waals surface area contributed by atoms with E-state index in [0.29, 0.717) is 36.5 Å². The molecule has 1 saturated heterocycles. The molecule has 2 amide bonds. The third-order valence-electron chi connectivity index (χ3n) is 4.46. The van der Waals surface area contributed by atoms with Gasteiger partial charge in [-0.05, 0) is 25.5 Å². The first-order chi connectivity index (χ1) is 13.1. The summed E-state index contributed by atoms with van der Waals surface area (Å²) in [5, 5.41) is 7.38. The maximum Gasteiger partial charge on any atom is 0.294 e. The molecule has 1 aliphatic heterocycles. The Labute approximate surface area is 155 Å². The van der Waals surface area contributed by atoms with Gasteiger partial charge in [-0.3, -0.25) is 9.59 Å². The van der Waals surface area contributed by atoms with Gasteiger partial charge >= 0.3 is 0 Å². The first-order valence-electron chi connectivity index (χ1n) is 8.59. The molecule has 0 saturated carbocycles. The van der Waals surface area contributed by atoms with E-state index in [0.717, 1.165) is 5.39 Å². The molecule has 1 fully saturated rings. The number of para-hydroxylation sites is 1. The normalized spacial score (nSPS) is 14.0. The van der Waals surface area contributed by atoms with E-state index < -0.39 is 0 Å². The highest BCUT2D eigenvalue weighted by atomic mass is 16.5. The molecular weight excluding hydrogens is 348 g/mol. The summed E-state index contributed by atoms with van der Waals surface area (Å²) in [6.07, 6.45) is 0.680. The van der Waals surface area contributed by atoms with Crippen LogP contribution in [0, 0.1) is 6.92 Å². The van der Waals surface area contributed by atoms with E-state index in [1.54, 1.807) is 26.2 Å². The van der Waals surface area contributed by atoms with Crippen molar-refractivity contribution in [2.75, 3.05) is 20.2 Å². The lowest BCUT2D eigenvalue weighted by Crippen LogP contribution is -2.45. The van der Waals surface area contributed by atoms with Crippen molar-refractivity contribution < 1.29 is 18.8 Å². The highest BCUT2D eigenvalue weighted by molar-refractivity contribution is 6.00. The molecular formula is C19H18N4O4. The van der Waals surface area contributed by atoms with Crippen molar-refractivity contribution in [3.8, 4) is 5.75 Å². The molecule has 0 spiro atoms. The van der Waals surface area contributed by atoms with Gasteiger partial charge in [-0.1, -0.05) is 17.3 Å². The lowest BCUT2D eigenvalue weighted by Gasteiger charge is -2.27. The second-order valence-corrected chi connectivity index (χ2v) is 6.26. The standard InChI is InChI=1S/C19H18N4O4/c1-12-10-16(21-27-12)19(25)23-9-5-8-22(23)18(24)15-11-17(26-2)13-6-3-4-7-14(13)20-15/h3-4,6-7,10-11H,5,8-9H2,1-2H3. The minimum atomic E-state index is -0.370. The van der Waals surface area contributed by atoms with Crippen molar-refractivity contribution >= 4 is 22.7 Å². The zero-order valence-corrected chi connectivity index (χ0v) is 15.0. The maximum atomic E-state index is 13.1. The van der Waals surface area contributed by atoms with Crippen LogP contribution >= 0.6 is 0 Å². The highest BCUT2D eigenvalue weighted by Gasteiger charge is 2.34. The predicted molar refractivity (Wildman–Crippen MR) is 96.2 cm³/mol. The van der Waals surface area contributed by atoms with Gasteiger partial charge in [0.05, 0.1) is 12.6 Å². The van der Waals surface area contributed by atoms with Crippen LogP contribution in [-0.2, 0) is 0 Å². The number of carbonyl (C=O) groups excluding carboxylic acids is 2. The number of amides is 2. The summed E-state index contributed by atoms with van der Waals surface area (Å²) in [5.74, 6) is 0.375. The van der Waals surface area contributed by atoms with E-state index in [1.165, 1.54) is 10.0 Å². The number of methoxy groups -OCH3 is 1. The second-order valence-electron chi connectivity index (χ2n) is 6.26. The molecule has 27 heavy (non-hydrogen) atoms. The van der Waals surface area contributed by atoms with E-state index >= 15 is 0 Å². The lowest BCUT2D eigenvalue weighted by molar-refractivity contribution is 0.0176. The van der Waals surface area contributed by atoms with Crippen LogP contribution in [0.2, 0.25) is 0 Å². The SMILES string of the molecule is COc1cc(C(=O)N2CCCN2C(=O)c2cc(C)on2)nc2ccccc12. The average molecular weight is 366 g/mol. The molecule has 4 rings (SSSR count). The van der Waals surface area contributed by atoms with Crippen LogP contribution in [0.25, 0.3) is 10.9 Å². The quantitative estimate of drug-likeness (QED) is 0.707. The zero-order valence-electron chi connectivity index (χ0n) is 15.0. The van der Waals surface area contributed by atoms with Gasteiger partial charge in [0.15, 0.2) is 5.69 Å². The Kier molecular flexibility index (Phi) is 4.23. The molecule has 8 nitrogen and oxygen atoms in total. The molecule has 0 bridgehead atoms. The smallest absolute Gasteiger partial charge is 0.294 e. The van der Waals surface area contributed by atoms with Crippen LogP contribution in [0.1, 0.15) is 33.2 Å². The van der Waals surface area contributed by atoms with Crippen LogP contribution in [0.5, 0.6) is 5.75 Å². The number of aromatic nitrogens is 2. The van der Waals surface area contributed by atoms with Crippen molar-refractivity contribution in [1.29, 1.82) is 0 Å². The molecule has 0 N–H and O–H groups in total. The van der Waals surface area contributed by atoms with E-state index in [9.17, 15) is 9.59 Å². The van der Waals surface area contributed by atoms with Gasteiger partial charge in [0, 0.05) is 30.6 Å². The van der Waals surface area contributed by atoms with Crippen LogP contribution in [-0.4, -0.2) is 52.2 Å². The molecule has 0 aliphatic carbocycles. The Bertz CT molecular complexity index is 1030. The van der Waals surface area contributed by atoms with Crippen LogP contribution in [0.4, 0.5) is 0 Å². The second kappa shape index (κ2) is 6.71. The summed E-state index contributed by atoms with van der Waals surface area (Å²) in [7, 11) is 1.55. The Balaban J connectivity index is 1.67. The average Bonchev–Trinajstić information content (AvgIpc) is 3.35. The number of carbonyl (C=O) groups is 2. The van der Waals surface area contributed by atoms with Crippen molar-refractivity contribution in [2.24, 2.45) is 0 Å². The van der Waals surface area contributed by atoms with Crippen molar-refractivity contribution in [1.82, 2.24) is 20.2 Å². The fraction of sp³-hybridized carbons (Fsp3) is 0.263. The van der Waals surface area contributed by atoms with E-state index in [2.05, 4.69) is 10.1 Å². The van der Waals surface area contributed by atoms with Gasteiger partial charge < -0.3 is 9.26 Å². The Morgan fingerprint density at radius 3 is 2.44 bits per heavy atom. The number of fused-ring (bicyclic) bond motifs is 1. The lowest BCUT2D eigenvalue weighted by atomic mass is 10.1. The monoisotopic (exact) mass is 366 g/mol. The van der Waals surface area contributed by atoms with Gasteiger partial charge in [0.2, 0.25) is 0 Å². The summed E-state index contributed by atoms with van der Waals surface area (Å²) < 4.78 is 10.4. The summed E-state index contributed by atoms with van der Waals surface area (Å²) in [5.41, 5.74) is 1.06. The summed E-state index contributed by atoms with van der Waals surface area (Å²) in [4.78, 5) is 30.2. The Morgan fingerprint density at radius 1 is 1.07 bits per heavy atom. The van der Waals surface area contributed by atoms with Crippen LogP contribution in [0.15, 0.2) is 40.9 Å². The topological polar surface area (TPSA) is 88.8 Å². The van der Waals surface area contributed by atoms with Crippen LogP contribution < -0.4 is 4.74 Å². The number of hydrazine groups is 1. The van der Waals surface area contributed by atoms with Gasteiger partial charge in [-0.25, -0.2) is 15.0 Å². The number of pyridine rings is 1. The maximum absolute atomic E-state index is 13.1. The molecule has 0 unspecified atom stereocenters. The predicted octanol–water partition coefficient (Wildman–Crippen LogP) is 2.44. The molecule has 3 heterocycles. The molecule has 138 valence electrons. The number of benzene rings is 1. The first kappa shape index (κ1) is 17.0. The van der Waals surface area contributed by atoms with Gasteiger partial charge in [-0.15, -0.1) is 0 Å². The van der Waals surface area contributed by atoms with Gasteiger partial charge in [0.1, 0.15) is 17.2 Å². The number of hydrogen-bond acceptors (Lipinski definition) is 6. The summed E-state index contributed by atoms with van der Waals surface area (Å²) >= 11 is 0. The molecule has 3 aromatic rings. The third-order valence-corrected chi connectivity index (χ3v) is 4.46. The largest absolute Gasteiger partial charge is 0.496 e. The number of hydrogen-bond donors (Lipinski definition) is 0.